The molecule has 1 amide bonds. The Morgan fingerprint density at radius 3 is 2.96 bits per heavy atom. The van der Waals surface area contributed by atoms with Gasteiger partial charge in [-0.2, -0.15) is 4.98 Å². The van der Waals surface area contributed by atoms with Crippen molar-refractivity contribution in [2.24, 2.45) is 0 Å². The maximum Gasteiger partial charge on any atom is 0.291 e. The minimum absolute atomic E-state index is 0.190. The van der Waals surface area contributed by atoms with Crippen molar-refractivity contribution in [3.05, 3.63) is 23.3 Å². The molecule has 1 N–H and O–H groups in total. The number of carbonyl (C=O) groups is 1. The number of aromatic nitrogens is 4. The first-order valence-corrected chi connectivity index (χ1v) is 8.38. The third-order valence-corrected chi connectivity index (χ3v) is 4.99. The van der Waals surface area contributed by atoms with Crippen molar-refractivity contribution in [3.8, 4) is 0 Å². The zero-order chi connectivity index (χ0) is 16.0. The van der Waals surface area contributed by atoms with Crippen LogP contribution >= 0.6 is 0 Å². The summed E-state index contributed by atoms with van der Waals surface area (Å²) in [6.07, 6.45) is 4.71. The maximum absolute atomic E-state index is 12.5. The minimum atomic E-state index is -0.190. The van der Waals surface area contributed by atoms with E-state index in [1.165, 1.54) is 19.3 Å². The quantitative estimate of drug-likeness (QED) is 0.898. The van der Waals surface area contributed by atoms with E-state index in [2.05, 4.69) is 25.3 Å². The van der Waals surface area contributed by atoms with Crippen LogP contribution in [0.1, 0.15) is 47.7 Å². The first-order chi connectivity index (χ1) is 11.1. The molecular weight excluding hydrogens is 292 g/mol. The summed E-state index contributed by atoms with van der Waals surface area (Å²) in [6, 6.07) is 2.62. The largest absolute Gasteiger partial charge is 0.345 e. The Hall–Kier alpha value is -2.02. The topological polar surface area (TPSA) is 75.4 Å². The van der Waals surface area contributed by atoms with Gasteiger partial charge in [0.2, 0.25) is 5.82 Å². The monoisotopic (exact) mass is 314 g/mol. The number of piperidine rings is 1. The summed E-state index contributed by atoms with van der Waals surface area (Å²) in [5.74, 6) is 0.504. The Balaban J connectivity index is 1.54. The molecule has 2 saturated heterocycles. The van der Waals surface area contributed by atoms with E-state index in [4.69, 9.17) is 0 Å². The maximum atomic E-state index is 12.5. The van der Waals surface area contributed by atoms with Crippen molar-refractivity contribution >= 4 is 11.7 Å². The van der Waals surface area contributed by atoms with Gasteiger partial charge in [-0.15, -0.1) is 5.10 Å². The molecule has 2 fully saturated rings. The van der Waals surface area contributed by atoms with Crippen LogP contribution in [0.25, 0.3) is 5.78 Å². The zero-order valence-electron chi connectivity index (χ0n) is 13.6. The fraction of sp³-hybridized carbons (Fsp3) is 0.625. The molecule has 0 aliphatic carbocycles. The minimum Gasteiger partial charge on any atom is -0.345 e. The van der Waals surface area contributed by atoms with Gasteiger partial charge in [-0.25, -0.2) is 9.50 Å². The Morgan fingerprint density at radius 1 is 1.22 bits per heavy atom. The van der Waals surface area contributed by atoms with E-state index in [1.54, 1.807) is 4.52 Å². The molecule has 122 valence electrons. The fourth-order valence-electron chi connectivity index (χ4n) is 3.91. The normalized spacial score (nSPS) is 24.8. The number of fused-ring (bicyclic) bond motifs is 2. The first-order valence-electron chi connectivity index (χ1n) is 8.38. The highest BCUT2D eigenvalue weighted by Crippen LogP contribution is 2.27. The smallest absolute Gasteiger partial charge is 0.291 e. The highest BCUT2D eigenvalue weighted by Gasteiger charge is 2.36. The zero-order valence-corrected chi connectivity index (χ0v) is 13.6. The standard InChI is InChI=1S/C16H22N6O/c1-10-9-11(2)22-16(17-10)19-14(20-22)15(23)18-12-6-8-21-7-4-3-5-13(12)21/h9,12-13H,3-8H2,1-2H3,(H,18,23)/t12-,13+/m0/s1. The lowest BCUT2D eigenvalue weighted by Crippen LogP contribution is -2.47. The molecule has 0 spiro atoms. The molecule has 23 heavy (non-hydrogen) atoms. The van der Waals surface area contributed by atoms with E-state index in [-0.39, 0.29) is 17.8 Å². The van der Waals surface area contributed by atoms with Gasteiger partial charge in [0, 0.05) is 30.0 Å². The SMILES string of the molecule is Cc1cc(C)n2nc(C(=O)N[C@H]3CCN4CCCC[C@H]34)nc2n1. The van der Waals surface area contributed by atoms with E-state index in [0.717, 1.165) is 30.9 Å². The predicted octanol–water partition coefficient (Wildman–Crippen LogP) is 1.10. The van der Waals surface area contributed by atoms with Gasteiger partial charge in [-0.05, 0) is 45.7 Å². The lowest BCUT2D eigenvalue weighted by molar-refractivity contribution is 0.0905. The van der Waals surface area contributed by atoms with Crippen LogP contribution in [0.2, 0.25) is 0 Å². The third-order valence-electron chi connectivity index (χ3n) is 4.99. The van der Waals surface area contributed by atoms with Crippen molar-refractivity contribution in [3.63, 3.8) is 0 Å². The van der Waals surface area contributed by atoms with Gasteiger partial charge in [-0.1, -0.05) is 6.42 Å². The van der Waals surface area contributed by atoms with Crippen LogP contribution in [-0.4, -0.2) is 55.6 Å². The van der Waals surface area contributed by atoms with Gasteiger partial charge in [0.1, 0.15) is 0 Å². The molecule has 2 aromatic rings. The number of amides is 1. The number of carbonyl (C=O) groups excluding carboxylic acids is 1. The average Bonchev–Trinajstić information content (AvgIpc) is 3.12. The van der Waals surface area contributed by atoms with E-state index < -0.39 is 0 Å². The van der Waals surface area contributed by atoms with Gasteiger partial charge in [-0.3, -0.25) is 9.69 Å². The summed E-state index contributed by atoms with van der Waals surface area (Å²) in [7, 11) is 0. The van der Waals surface area contributed by atoms with Crippen molar-refractivity contribution in [1.82, 2.24) is 29.8 Å². The summed E-state index contributed by atoms with van der Waals surface area (Å²) in [6.45, 7) is 6.09. The summed E-state index contributed by atoms with van der Waals surface area (Å²) in [5, 5.41) is 7.46. The van der Waals surface area contributed by atoms with E-state index in [1.807, 2.05) is 19.9 Å². The molecule has 4 heterocycles. The van der Waals surface area contributed by atoms with Crippen LogP contribution in [0.5, 0.6) is 0 Å². The van der Waals surface area contributed by atoms with E-state index >= 15 is 0 Å². The second-order valence-corrected chi connectivity index (χ2v) is 6.65. The molecular formula is C16H22N6O. The summed E-state index contributed by atoms with van der Waals surface area (Å²) >= 11 is 0. The Kier molecular flexibility index (Phi) is 3.52. The second-order valence-electron chi connectivity index (χ2n) is 6.65. The highest BCUT2D eigenvalue weighted by atomic mass is 16.2. The molecule has 0 bridgehead atoms. The van der Waals surface area contributed by atoms with Crippen molar-refractivity contribution < 1.29 is 4.79 Å². The number of hydrogen-bond donors (Lipinski definition) is 1. The van der Waals surface area contributed by atoms with E-state index in [0.29, 0.717) is 11.8 Å². The Labute approximate surface area is 135 Å². The first kappa shape index (κ1) is 14.6. The summed E-state index contributed by atoms with van der Waals surface area (Å²) in [5.41, 5.74) is 1.81. The van der Waals surface area contributed by atoms with Crippen LogP contribution in [-0.2, 0) is 0 Å². The van der Waals surface area contributed by atoms with Gasteiger partial charge in [0.25, 0.3) is 11.7 Å². The van der Waals surface area contributed by atoms with Crippen LogP contribution in [0, 0.1) is 13.8 Å². The molecule has 0 unspecified atom stereocenters. The van der Waals surface area contributed by atoms with Crippen molar-refractivity contribution in [1.29, 1.82) is 0 Å². The average molecular weight is 314 g/mol. The number of aryl methyl sites for hydroxylation is 2. The Bertz CT molecular complexity index is 754. The Morgan fingerprint density at radius 2 is 2.09 bits per heavy atom. The van der Waals surface area contributed by atoms with E-state index in [9.17, 15) is 4.79 Å². The van der Waals surface area contributed by atoms with Crippen LogP contribution in [0.15, 0.2) is 6.07 Å². The lowest BCUT2D eigenvalue weighted by Gasteiger charge is -2.32. The molecule has 2 aromatic heterocycles. The number of nitrogens with one attached hydrogen (secondary N) is 1. The molecule has 0 aromatic carbocycles. The van der Waals surface area contributed by atoms with Crippen LogP contribution < -0.4 is 5.32 Å². The number of hydrogen-bond acceptors (Lipinski definition) is 5. The molecule has 2 atom stereocenters. The molecule has 0 saturated carbocycles. The molecule has 7 nitrogen and oxygen atoms in total. The van der Waals surface area contributed by atoms with Gasteiger partial charge < -0.3 is 5.32 Å². The molecule has 7 heteroatoms. The highest BCUT2D eigenvalue weighted by molar-refractivity contribution is 5.91. The molecule has 4 rings (SSSR count). The fourth-order valence-corrected chi connectivity index (χ4v) is 3.91. The number of rotatable bonds is 2. The second kappa shape index (κ2) is 5.56. The lowest BCUT2D eigenvalue weighted by atomic mass is 9.99. The molecule has 2 aliphatic heterocycles. The van der Waals surface area contributed by atoms with Gasteiger partial charge in [0.05, 0.1) is 0 Å². The van der Waals surface area contributed by atoms with Crippen LogP contribution in [0.4, 0.5) is 0 Å². The van der Waals surface area contributed by atoms with Gasteiger partial charge in [0.15, 0.2) is 0 Å². The predicted molar refractivity (Wildman–Crippen MR) is 85.3 cm³/mol. The molecule has 2 aliphatic rings. The third kappa shape index (κ3) is 2.59. The molecule has 0 radical (unpaired) electrons. The van der Waals surface area contributed by atoms with Crippen LogP contribution in [0.3, 0.4) is 0 Å². The van der Waals surface area contributed by atoms with Crippen molar-refractivity contribution in [2.75, 3.05) is 13.1 Å². The summed E-state index contributed by atoms with van der Waals surface area (Å²) < 4.78 is 1.63. The van der Waals surface area contributed by atoms with Gasteiger partial charge >= 0.3 is 0 Å². The summed E-state index contributed by atoms with van der Waals surface area (Å²) in [4.78, 5) is 23.7. The number of nitrogens with zero attached hydrogens (tertiary/aromatic N) is 5. The van der Waals surface area contributed by atoms with Crippen molar-refractivity contribution in [2.45, 2.75) is 51.6 Å².